The maximum absolute atomic E-state index is 12.9. The van der Waals surface area contributed by atoms with Gasteiger partial charge in [0.1, 0.15) is 5.82 Å². The molecule has 0 aliphatic carbocycles. The number of carbonyl (C=O) groups excluding carboxylic acids is 1. The number of amides is 1. The Morgan fingerprint density at radius 2 is 1.78 bits per heavy atom. The van der Waals surface area contributed by atoms with E-state index in [1.807, 2.05) is 6.92 Å². The summed E-state index contributed by atoms with van der Waals surface area (Å²) in [7, 11) is 0. The Morgan fingerprint density at radius 1 is 1.13 bits per heavy atom. The predicted octanol–water partition coefficient (Wildman–Crippen LogP) is 5.96. The molecule has 1 aromatic carbocycles. The van der Waals surface area contributed by atoms with Crippen LogP contribution in [0.1, 0.15) is 40.9 Å². The molecule has 2 heterocycles. The summed E-state index contributed by atoms with van der Waals surface area (Å²) in [5.74, 6) is -0.453. The number of hydrogen-bond acceptors (Lipinski definition) is 3. The van der Waals surface area contributed by atoms with E-state index in [0.29, 0.717) is 5.69 Å². The lowest BCUT2D eigenvalue weighted by Gasteiger charge is -2.15. The normalized spacial score (nSPS) is 11.9. The van der Waals surface area contributed by atoms with Crippen LogP contribution in [0.4, 0.5) is 10.1 Å². The summed E-state index contributed by atoms with van der Waals surface area (Å²) >= 11 is 3.27. The molecule has 2 aromatic heterocycles. The monoisotopic (exact) mass is 347 g/mol. The van der Waals surface area contributed by atoms with E-state index in [1.165, 1.54) is 33.0 Å². The minimum absolute atomic E-state index is 0.117. The number of hydrogen-bond donors (Lipinski definition) is 1. The van der Waals surface area contributed by atoms with Gasteiger partial charge in [-0.15, -0.1) is 22.7 Å². The van der Waals surface area contributed by atoms with Crippen molar-refractivity contribution in [2.24, 2.45) is 0 Å². The number of thiophene rings is 2. The molecule has 0 bridgehead atoms. The molecule has 0 spiro atoms. The van der Waals surface area contributed by atoms with E-state index in [1.54, 1.807) is 23.5 Å². The quantitative estimate of drug-likeness (QED) is 0.609. The van der Waals surface area contributed by atoms with Crippen molar-refractivity contribution in [3.05, 3.63) is 51.5 Å². The first-order chi connectivity index (χ1) is 10.8. The third-order valence-electron chi connectivity index (χ3n) is 3.64. The van der Waals surface area contributed by atoms with Crippen molar-refractivity contribution < 1.29 is 9.18 Å². The molecule has 0 aliphatic rings. The number of halogens is 1. The molecule has 0 saturated carbocycles. The maximum atomic E-state index is 12.9. The largest absolute Gasteiger partial charge is 0.321 e. The number of fused-ring (bicyclic) bond motifs is 1. The molecule has 1 amide bonds. The van der Waals surface area contributed by atoms with Crippen LogP contribution in [0.3, 0.4) is 0 Å². The summed E-state index contributed by atoms with van der Waals surface area (Å²) in [5.41, 5.74) is 1.74. The molecular weight excluding hydrogens is 329 g/mol. The second-order valence-corrected chi connectivity index (χ2v) is 8.68. The maximum Gasteiger partial charge on any atom is 0.266 e. The van der Waals surface area contributed by atoms with E-state index in [9.17, 15) is 9.18 Å². The van der Waals surface area contributed by atoms with Gasteiger partial charge in [-0.3, -0.25) is 4.79 Å². The molecule has 23 heavy (non-hydrogen) atoms. The van der Waals surface area contributed by atoms with E-state index in [-0.39, 0.29) is 17.1 Å². The Morgan fingerprint density at radius 3 is 2.35 bits per heavy atom. The number of anilines is 1. The highest BCUT2D eigenvalue weighted by Gasteiger charge is 2.22. The van der Waals surface area contributed by atoms with Crippen LogP contribution in [0.2, 0.25) is 0 Å². The number of aryl methyl sites for hydroxylation is 1. The van der Waals surface area contributed by atoms with Crippen LogP contribution in [0.15, 0.2) is 30.3 Å². The number of rotatable bonds is 2. The minimum atomic E-state index is -0.314. The van der Waals surface area contributed by atoms with Crippen LogP contribution in [0.5, 0.6) is 0 Å². The first-order valence-electron chi connectivity index (χ1n) is 7.36. The topological polar surface area (TPSA) is 29.1 Å². The zero-order valence-corrected chi connectivity index (χ0v) is 15.1. The molecule has 3 aromatic rings. The standard InChI is InChI=1S/C18H18FNOS2/c1-10-15-13(9-14(23-15)18(2,3)4)22-16(10)17(21)20-12-7-5-11(19)6-8-12/h5-9H,1-4H3,(H,20,21). The zero-order chi connectivity index (χ0) is 16.8. The third kappa shape index (κ3) is 3.16. The van der Waals surface area contributed by atoms with Gasteiger partial charge in [-0.05, 0) is 48.2 Å². The Kier molecular flexibility index (Phi) is 4.02. The fourth-order valence-electron chi connectivity index (χ4n) is 2.31. The van der Waals surface area contributed by atoms with Gasteiger partial charge in [0, 0.05) is 20.0 Å². The van der Waals surface area contributed by atoms with E-state index in [0.717, 1.165) is 15.1 Å². The van der Waals surface area contributed by atoms with Crippen molar-refractivity contribution in [2.75, 3.05) is 5.32 Å². The van der Waals surface area contributed by atoms with Crippen molar-refractivity contribution in [3.63, 3.8) is 0 Å². The van der Waals surface area contributed by atoms with Gasteiger partial charge in [0.25, 0.3) is 5.91 Å². The molecule has 0 aliphatic heterocycles. The van der Waals surface area contributed by atoms with Gasteiger partial charge in [-0.1, -0.05) is 20.8 Å². The summed E-state index contributed by atoms with van der Waals surface area (Å²) in [4.78, 5) is 14.5. The van der Waals surface area contributed by atoms with E-state index < -0.39 is 0 Å². The summed E-state index contributed by atoms with van der Waals surface area (Å²) in [6.45, 7) is 8.57. The predicted molar refractivity (Wildman–Crippen MR) is 97.5 cm³/mol. The molecule has 0 saturated heterocycles. The molecule has 5 heteroatoms. The van der Waals surface area contributed by atoms with Crippen LogP contribution in [0.25, 0.3) is 9.40 Å². The fourth-order valence-corrected chi connectivity index (χ4v) is 4.86. The molecule has 0 fully saturated rings. The highest BCUT2D eigenvalue weighted by Crippen LogP contribution is 2.41. The second kappa shape index (κ2) is 5.73. The van der Waals surface area contributed by atoms with E-state index in [2.05, 4.69) is 32.2 Å². The lowest BCUT2D eigenvalue weighted by molar-refractivity contribution is 0.103. The Labute approximate surface area is 143 Å². The second-order valence-electron chi connectivity index (χ2n) is 6.57. The van der Waals surface area contributed by atoms with Gasteiger partial charge in [0.2, 0.25) is 0 Å². The average Bonchev–Trinajstić information content (AvgIpc) is 3.01. The smallest absolute Gasteiger partial charge is 0.266 e. The van der Waals surface area contributed by atoms with Gasteiger partial charge in [-0.25, -0.2) is 4.39 Å². The van der Waals surface area contributed by atoms with Gasteiger partial charge < -0.3 is 5.32 Å². The Hall–Kier alpha value is -1.72. The lowest BCUT2D eigenvalue weighted by atomic mass is 9.95. The highest BCUT2D eigenvalue weighted by molar-refractivity contribution is 7.29. The average molecular weight is 347 g/mol. The van der Waals surface area contributed by atoms with Gasteiger partial charge >= 0.3 is 0 Å². The van der Waals surface area contributed by atoms with Crippen molar-refractivity contribution in [1.82, 2.24) is 0 Å². The summed E-state index contributed by atoms with van der Waals surface area (Å²) in [6, 6.07) is 7.99. The van der Waals surface area contributed by atoms with Crippen LogP contribution in [0, 0.1) is 12.7 Å². The molecule has 1 N–H and O–H groups in total. The van der Waals surface area contributed by atoms with Crippen molar-refractivity contribution >= 4 is 43.7 Å². The van der Waals surface area contributed by atoms with E-state index in [4.69, 9.17) is 0 Å². The first-order valence-corrected chi connectivity index (χ1v) is 8.99. The van der Waals surface area contributed by atoms with E-state index >= 15 is 0 Å². The Bertz CT molecular complexity index is 869. The summed E-state index contributed by atoms with van der Waals surface area (Å²) < 4.78 is 15.3. The third-order valence-corrected chi connectivity index (χ3v) is 6.69. The molecule has 0 atom stereocenters. The minimum Gasteiger partial charge on any atom is -0.321 e. The van der Waals surface area contributed by atoms with Crippen LogP contribution in [-0.2, 0) is 5.41 Å². The first kappa shape index (κ1) is 16.1. The molecule has 120 valence electrons. The van der Waals surface area contributed by atoms with Gasteiger partial charge in [0.15, 0.2) is 0 Å². The van der Waals surface area contributed by atoms with Crippen molar-refractivity contribution in [1.29, 1.82) is 0 Å². The van der Waals surface area contributed by atoms with Crippen LogP contribution in [-0.4, -0.2) is 5.91 Å². The SMILES string of the molecule is Cc1c(C(=O)Nc2ccc(F)cc2)sc2cc(C(C)(C)C)sc12. The number of nitrogens with one attached hydrogen (secondary N) is 1. The molecule has 0 radical (unpaired) electrons. The van der Waals surface area contributed by atoms with Crippen molar-refractivity contribution in [3.8, 4) is 0 Å². The lowest BCUT2D eigenvalue weighted by Crippen LogP contribution is -2.11. The molecule has 2 nitrogen and oxygen atoms in total. The van der Waals surface area contributed by atoms with Crippen molar-refractivity contribution in [2.45, 2.75) is 33.1 Å². The highest BCUT2D eigenvalue weighted by atomic mass is 32.1. The fraction of sp³-hybridized carbons (Fsp3) is 0.278. The number of carbonyl (C=O) groups is 1. The molecule has 3 rings (SSSR count). The summed E-state index contributed by atoms with van der Waals surface area (Å²) in [6.07, 6.45) is 0. The summed E-state index contributed by atoms with van der Waals surface area (Å²) in [5, 5.41) is 2.83. The van der Waals surface area contributed by atoms with Crippen LogP contribution >= 0.6 is 22.7 Å². The molecular formula is C18H18FNOS2. The number of benzene rings is 1. The van der Waals surface area contributed by atoms with Gasteiger partial charge in [-0.2, -0.15) is 0 Å². The van der Waals surface area contributed by atoms with Crippen LogP contribution < -0.4 is 5.32 Å². The van der Waals surface area contributed by atoms with Gasteiger partial charge in [0.05, 0.1) is 4.88 Å². The Balaban J connectivity index is 1.90. The molecule has 0 unspecified atom stereocenters. The zero-order valence-electron chi connectivity index (χ0n) is 13.5.